The second kappa shape index (κ2) is 12.8. The number of hydrogen-bond acceptors (Lipinski definition) is 7. The third-order valence-electron chi connectivity index (χ3n) is 4.19. The molecule has 0 saturated carbocycles. The average Bonchev–Trinajstić information content (AvgIpc) is 2.67. The SMILES string of the molecule is CO[Si](CCCN(CCC[Si](OC)(OC)OC)C(=O)C(F)F)(OC)OC. The van der Waals surface area contributed by atoms with E-state index in [1.165, 1.54) is 42.7 Å². The Balaban J connectivity index is 4.76. The minimum Gasteiger partial charge on any atom is -0.377 e. The largest absolute Gasteiger partial charge is 0.500 e. The fourth-order valence-corrected chi connectivity index (χ4v) is 5.96. The second-order valence-electron chi connectivity index (χ2n) is 5.42. The number of carbonyl (C=O) groups excluding carboxylic acids is 1. The molecular weight excluding hydrogens is 388 g/mol. The minimum absolute atomic E-state index is 0.148. The van der Waals surface area contributed by atoms with Gasteiger partial charge in [0.05, 0.1) is 0 Å². The van der Waals surface area contributed by atoms with Gasteiger partial charge in [-0.15, -0.1) is 0 Å². The lowest BCUT2D eigenvalue weighted by Gasteiger charge is -2.28. The van der Waals surface area contributed by atoms with Crippen molar-refractivity contribution in [1.82, 2.24) is 4.90 Å². The van der Waals surface area contributed by atoms with E-state index in [1.54, 1.807) is 0 Å². The summed E-state index contributed by atoms with van der Waals surface area (Å²) in [4.78, 5) is 12.9. The van der Waals surface area contributed by atoms with Crippen LogP contribution in [0.4, 0.5) is 8.78 Å². The molecule has 156 valence electrons. The summed E-state index contributed by atoms with van der Waals surface area (Å²) in [5, 5.41) is 0. The molecule has 0 fully saturated rings. The molecule has 0 unspecified atom stereocenters. The van der Waals surface area contributed by atoms with Crippen LogP contribution in [-0.2, 0) is 31.4 Å². The zero-order chi connectivity index (χ0) is 20.2. The standard InChI is InChI=1S/C14H31F2NO7Si2/c1-19-25(20-2,21-3)11-7-9-17(14(18)13(15)16)10-8-12-26(22-4,23-5)24-6/h13H,7-12H2,1-6H3. The van der Waals surface area contributed by atoms with E-state index in [0.29, 0.717) is 24.9 Å². The molecule has 0 spiro atoms. The Bertz CT molecular complexity index is 357. The molecule has 26 heavy (non-hydrogen) atoms. The van der Waals surface area contributed by atoms with Crippen LogP contribution in [0.15, 0.2) is 0 Å². The van der Waals surface area contributed by atoms with Gasteiger partial charge in [0.25, 0.3) is 5.91 Å². The van der Waals surface area contributed by atoms with Crippen molar-refractivity contribution in [3.8, 4) is 0 Å². The lowest BCUT2D eigenvalue weighted by molar-refractivity contribution is -0.143. The molecule has 0 aromatic carbocycles. The molecule has 0 bridgehead atoms. The van der Waals surface area contributed by atoms with Gasteiger partial charge in [0.1, 0.15) is 0 Å². The summed E-state index contributed by atoms with van der Waals surface area (Å²) in [5.41, 5.74) is 0. The molecule has 0 heterocycles. The van der Waals surface area contributed by atoms with Gasteiger partial charge in [0.2, 0.25) is 0 Å². The third kappa shape index (κ3) is 7.64. The van der Waals surface area contributed by atoms with E-state index < -0.39 is 29.9 Å². The summed E-state index contributed by atoms with van der Waals surface area (Å²) >= 11 is 0. The van der Waals surface area contributed by atoms with Gasteiger partial charge < -0.3 is 31.5 Å². The highest BCUT2D eigenvalue weighted by atomic mass is 28.4. The average molecular weight is 420 g/mol. The molecule has 1 amide bonds. The third-order valence-corrected chi connectivity index (χ3v) is 9.85. The van der Waals surface area contributed by atoms with Crippen LogP contribution in [-0.4, -0.2) is 90.6 Å². The lowest BCUT2D eigenvalue weighted by atomic mass is 10.3. The smallest absolute Gasteiger partial charge is 0.377 e. The Morgan fingerprint density at radius 2 is 1.08 bits per heavy atom. The molecule has 0 aromatic heterocycles. The molecular formula is C14H31F2NO7Si2. The Hall–Kier alpha value is -0.476. The number of halogens is 2. The Morgan fingerprint density at radius 3 is 1.31 bits per heavy atom. The first kappa shape index (κ1) is 25.5. The summed E-state index contributed by atoms with van der Waals surface area (Å²) in [5.74, 6) is -1.20. The molecule has 0 atom stereocenters. The van der Waals surface area contributed by atoms with E-state index in [0.717, 1.165) is 4.90 Å². The van der Waals surface area contributed by atoms with Crippen molar-refractivity contribution >= 4 is 23.5 Å². The molecule has 0 aliphatic rings. The minimum atomic E-state index is -3.06. The van der Waals surface area contributed by atoms with Crippen molar-refractivity contribution in [1.29, 1.82) is 0 Å². The van der Waals surface area contributed by atoms with Crippen LogP contribution in [0.3, 0.4) is 0 Å². The van der Waals surface area contributed by atoms with E-state index in [9.17, 15) is 13.6 Å². The van der Waals surface area contributed by atoms with Crippen LogP contribution in [0.25, 0.3) is 0 Å². The van der Waals surface area contributed by atoms with Crippen molar-refractivity contribution in [3.05, 3.63) is 0 Å². The van der Waals surface area contributed by atoms with Crippen molar-refractivity contribution in [2.45, 2.75) is 31.4 Å². The number of alkyl halides is 2. The fourth-order valence-electron chi connectivity index (χ4n) is 2.56. The maximum atomic E-state index is 12.9. The monoisotopic (exact) mass is 419 g/mol. The van der Waals surface area contributed by atoms with Gasteiger partial charge in [0, 0.05) is 67.8 Å². The van der Waals surface area contributed by atoms with Gasteiger partial charge >= 0.3 is 24.0 Å². The quantitative estimate of drug-likeness (QED) is 0.373. The van der Waals surface area contributed by atoms with Gasteiger partial charge in [-0.1, -0.05) is 0 Å². The first-order valence-electron chi connectivity index (χ1n) is 8.17. The van der Waals surface area contributed by atoms with E-state index in [1.807, 2.05) is 0 Å². The molecule has 0 aliphatic carbocycles. The summed E-state index contributed by atoms with van der Waals surface area (Å²) in [6.45, 7) is 0.297. The zero-order valence-electron chi connectivity index (χ0n) is 16.4. The summed E-state index contributed by atoms with van der Waals surface area (Å²) < 4.78 is 57.5. The lowest BCUT2D eigenvalue weighted by Crippen LogP contribution is -2.45. The molecule has 12 heteroatoms. The van der Waals surface area contributed by atoms with Crippen molar-refractivity contribution in [2.75, 3.05) is 55.7 Å². The van der Waals surface area contributed by atoms with Crippen LogP contribution < -0.4 is 0 Å². The maximum absolute atomic E-state index is 12.9. The Morgan fingerprint density at radius 1 is 0.769 bits per heavy atom. The summed E-state index contributed by atoms with van der Waals surface area (Å²) in [6, 6.07) is 0.826. The first-order valence-corrected chi connectivity index (χ1v) is 12.0. The Labute approximate surface area is 156 Å². The number of carbonyl (C=O) groups is 1. The normalized spacial score (nSPS) is 12.7. The van der Waals surface area contributed by atoms with Gasteiger partial charge in [-0.2, -0.15) is 8.78 Å². The highest BCUT2D eigenvalue weighted by Gasteiger charge is 2.39. The van der Waals surface area contributed by atoms with E-state index in [2.05, 4.69) is 0 Å². The molecule has 8 nitrogen and oxygen atoms in total. The fraction of sp³-hybridized carbons (Fsp3) is 0.929. The van der Waals surface area contributed by atoms with Crippen molar-refractivity contribution in [3.63, 3.8) is 0 Å². The number of amides is 1. The molecule has 0 N–H and O–H groups in total. The molecule has 0 saturated heterocycles. The van der Waals surface area contributed by atoms with Crippen LogP contribution in [0.5, 0.6) is 0 Å². The van der Waals surface area contributed by atoms with Gasteiger partial charge in [-0.25, -0.2) is 0 Å². The predicted octanol–water partition coefficient (Wildman–Crippen LogP) is 1.62. The topological polar surface area (TPSA) is 75.7 Å². The summed E-state index contributed by atoms with van der Waals surface area (Å²) in [6.07, 6.45) is -2.22. The maximum Gasteiger partial charge on any atom is 0.500 e. The van der Waals surface area contributed by atoms with Crippen LogP contribution in [0, 0.1) is 0 Å². The van der Waals surface area contributed by atoms with Crippen LogP contribution >= 0.6 is 0 Å². The predicted molar refractivity (Wildman–Crippen MR) is 95.0 cm³/mol. The molecule has 0 aromatic rings. The van der Waals surface area contributed by atoms with Gasteiger partial charge in [-0.05, 0) is 12.8 Å². The zero-order valence-corrected chi connectivity index (χ0v) is 18.4. The molecule has 0 aliphatic heterocycles. The number of nitrogens with zero attached hydrogens (tertiary/aromatic N) is 1. The van der Waals surface area contributed by atoms with Crippen LogP contribution in [0.2, 0.25) is 12.1 Å². The van der Waals surface area contributed by atoms with E-state index >= 15 is 0 Å². The second-order valence-corrected chi connectivity index (χ2v) is 11.6. The Kier molecular flexibility index (Phi) is 12.6. The number of hydrogen-bond donors (Lipinski definition) is 0. The van der Waals surface area contributed by atoms with Crippen molar-refractivity contribution < 1.29 is 40.1 Å². The molecule has 0 rings (SSSR count). The van der Waals surface area contributed by atoms with Gasteiger partial charge in [-0.3, -0.25) is 4.79 Å². The van der Waals surface area contributed by atoms with Crippen LogP contribution in [0.1, 0.15) is 12.8 Å². The van der Waals surface area contributed by atoms with E-state index in [-0.39, 0.29) is 13.1 Å². The highest BCUT2D eigenvalue weighted by molar-refractivity contribution is 6.60. The highest BCUT2D eigenvalue weighted by Crippen LogP contribution is 2.18. The molecule has 0 radical (unpaired) electrons. The van der Waals surface area contributed by atoms with Gasteiger partial charge in [0.15, 0.2) is 0 Å². The first-order chi connectivity index (χ1) is 12.3. The van der Waals surface area contributed by atoms with Crippen molar-refractivity contribution in [2.24, 2.45) is 0 Å². The number of rotatable bonds is 15. The summed E-state index contributed by atoms with van der Waals surface area (Å²) in [7, 11) is 3.26. The van der Waals surface area contributed by atoms with E-state index in [4.69, 9.17) is 26.6 Å².